The third-order valence-electron chi connectivity index (χ3n) is 5.08. The van der Waals surface area contributed by atoms with Gasteiger partial charge in [0.15, 0.2) is 5.43 Å². The Hall–Kier alpha value is -2.92. The van der Waals surface area contributed by atoms with E-state index in [1.54, 1.807) is 18.2 Å². The molecule has 2 heterocycles. The van der Waals surface area contributed by atoms with Crippen LogP contribution in [0.2, 0.25) is 0 Å². The van der Waals surface area contributed by atoms with Gasteiger partial charge in [0, 0.05) is 23.9 Å². The minimum Gasteiger partial charge on any atom is -0.456 e. The van der Waals surface area contributed by atoms with Crippen LogP contribution in [0.15, 0.2) is 57.7 Å². The summed E-state index contributed by atoms with van der Waals surface area (Å²) >= 11 is 0. The molecule has 0 saturated carbocycles. The smallest absolute Gasteiger partial charge is 0.253 e. The van der Waals surface area contributed by atoms with E-state index in [0.29, 0.717) is 34.9 Å². The van der Waals surface area contributed by atoms with Crippen molar-refractivity contribution in [1.29, 1.82) is 0 Å². The number of carbonyl (C=O) groups excluding carboxylic acids is 1. The van der Waals surface area contributed by atoms with Crippen molar-refractivity contribution in [2.24, 2.45) is 0 Å². The topological polar surface area (TPSA) is 68.5 Å². The number of hydrogen-bond acceptors (Lipinski definition) is 4. The maximum Gasteiger partial charge on any atom is 0.253 e. The van der Waals surface area contributed by atoms with Gasteiger partial charge >= 0.3 is 0 Å². The quantitative estimate of drug-likeness (QED) is 0.715. The van der Waals surface area contributed by atoms with E-state index in [1.165, 1.54) is 11.6 Å². The number of ether oxygens (including phenoxy) is 1. The average molecular weight is 377 g/mol. The molecule has 0 radical (unpaired) electrons. The molecule has 0 spiro atoms. The molecule has 1 N–H and O–H groups in total. The predicted octanol–water partition coefficient (Wildman–Crippen LogP) is 4.70. The molecule has 0 aliphatic carbocycles. The van der Waals surface area contributed by atoms with E-state index in [0.717, 1.165) is 18.4 Å². The lowest BCUT2D eigenvalue weighted by Crippen LogP contribution is -2.26. The number of rotatable bonds is 4. The highest BCUT2D eigenvalue weighted by Gasteiger charge is 2.23. The van der Waals surface area contributed by atoms with Crippen molar-refractivity contribution in [2.75, 3.05) is 11.9 Å². The molecule has 1 unspecified atom stereocenters. The molecule has 0 bridgehead atoms. The summed E-state index contributed by atoms with van der Waals surface area (Å²) in [6.07, 6.45) is 1.20. The van der Waals surface area contributed by atoms with Gasteiger partial charge in [0.2, 0.25) is 0 Å². The minimum atomic E-state index is -0.414. The highest BCUT2D eigenvalue weighted by molar-refractivity contribution is 5.96. The Balaban J connectivity index is 1.62. The van der Waals surface area contributed by atoms with Crippen LogP contribution in [0.3, 0.4) is 0 Å². The van der Waals surface area contributed by atoms with E-state index >= 15 is 0 Å². The Morgan fingerprint density at radius 3 is 2.57 bits per heavy atom. The molecule has 1 atom stereocenters. The van der Waals surface area contributed by atoms with Crippen molar-refractivity contribution in [1.82, 2.24) is 0 Å². The van der Waals surface area contributed by atoms with Crippen LogP contribution in [-0.2, 0) is 9.53 Å². The summed E-state index contributed by atoms with van der Waals surface area (Å²) in [7, 11) is 0. The van der Waals surface area contributed by atoms with E-state index in [-0.39, 0.29) is 11.3 Å². The Labute approximate surface area is 163 Å². The zero-order valence-corrected chi connectivity index (χ0v) is 16.0. The van der Waals surface area contributed by atoms with Crippen LogP contribution in [0.4, 0.5) is 5.69 Å². The third-order valence-corrected chi connectivity index (χ3v) is 5.08. The van der Waals surface area contributed by atoms with Gasteiger partial charge in [-0.1, -0.05) is 38.1 Å². The van der Waals surface area contributed by atoms with E-state index in [4.69, 9.17) is 9.15 Å². The summed E-state index contributed by atoms with van der Waals surface area (Å²) in [5.41, 5.74) is 3.01. The first kappa shape index (κ1) is 18.4. The molecule has 2 aromatic carbocycles. The van der Waals surface area contributed by atoms with E-state index in [1.807, 2.05) is 24.3 Å². The maximum atomic E-state index is 12.6. The fourth-order valence-corrected chi connectivity index (χ4v) is 3.42. The number of nitrogens with one attached hydrogen (secondary N) is 1. The SMILES string of the molecule is CC(C)c1ccc(-c2cc(=O)c3cc(NC(=O)C4CCCO4)ccc3o2)cc1. The molecule has 1 amide bonds. The number of fused-ring (bicyclic) bond motifs is 1. The lowest BCUT2D eigenvalue weighted by atomic mass is 10.0. The first-order chi connectivity index (χ1) is 13.5. The van der Waals surface area contributed by atoms with Crippen LogP contribution in [0.5, 0.6) is 0 Å². The largest absolute Gasteiger partial charge is 0.456 e. The second kappa shape index (κ2) is 7.60. The summed E-state index contributed by atoms with van der Waals surface area (Å²) < 4.78 is 11.3. The van der Waals surface area contributed by atoms with Crippen LogP contribution >= 0.6 is 0 Å². The molecule has 1 fully saturated rings. The van der Waals surface area contributed by atoms with E-state index in [2.05, 4.69) is 19.2 Å². The standard InChI is InChI=1S/C23H23NO4/c1-14(2)15-5-7-16(8-6-15)22-13-19(25)18-12-17(9-10-20(18)28-22)24-23(26)21-4-3-11-27-21/h5-10,12-14,21H,3-4,11H2,1-2H3,(H,24,26). The van der Waals surface area contributed by atoms with Crippen molar-refractivity contribution in [3.8, 4) is 11.3 Å². The summed E-state index contributed by atoms with van der Waals surface area (Å²) in [5, 5.41) is 3.26. The molecule has 144 valence electrons. The van der Waals surface area contributed by atoms with Crippen molar-refractivity contribution in [2.45, 2.75) is 38.7 Å². The Morgan fingerprint density at radius 1 is 1.11 bits per heavy atom. The van der Waals surface area contributed by atoms with Gasteiger partial charge in [0.25, 0.3) is 5.91 Å². The Morgan fingerprint density at radius 2 is 1.89 bits per heavy atom. The van der Waals surface area contributed by atoms with Crippen molar-refractivity contribution >= 4 is 22.6 Å². The average Bonchev–Trinajstić information content (AvgIpc) is 3.23. The molecular formula is C23H23NO4. The van der Waals surface area contributed by atoms with Gasteiger partial charge in [-0.2, -0.15) is 0 Å². The van der Waals surface area contributed by atoms with Gasteiger partial charge in [-0.25, -0.2) is 0 Å². The highest BCUT2D eigenvalue weighted by atomic mass is 16.5. The molecule has 1 aliphatic heterocycles. The number of amides is 1. The molecule has 1 aliphatic rings. The Bertz CT molecular complexity index is 1060. The summed E-state index contributed by atoms with van der Waals surface area (Å²) in [4.78, 5) is 24.9. The molecule has 3 aromatic rings. The van der Waals surface area contributed by atoms with Gasteiger partial charge in [-0.15, -0.1) is 0 Å². The first-order valence-corrected chi connectivity index (χ1v) is 9.62. The van der Waals surface area contributed by atoms with Crippen molar-refractivity contribution < 1.29 is 13.9 Å². The summed E-state index contributed by atoms with van der Waals surface area (Å²) in [5.74, 6) is 0.799. The molecule has 28 heavy (non-hydrogen) atoms. The number of benzene rings is 2. The molecule has 5 nitrogen and oxygen atoms in total. The van der Waals surface area contributed by atoms with E-state index < -0.39 is 6.10 Å². The molecule has 4 rings (SSSR count). The van der Waals surface area contributed by atoms with Crippen LogP contribution in [0.1, 0.15) is 38.2 Å². The van der Waals surface area contributed by atoms with Crippen molar-refractivity contribution in [3.63, 3.8) is 0 Å². The highest BCUT2D eigenvalue weighted by Crippen LogP contribution is 2.26. The lowest BCUT2D eigenvalue weighted by molar-refractivity contribution is -0.124. The normalized spacial score (nSPS) is 16.6. The second-order valence-corrected chi connectivity index (χ2v) is 7.45. The van der Waals surface area contributed by atoms with Gasteiger partial charge < -0.3 is 14.5 Å². The number of carbonyl (C=O) groups is 1. The zero-order valence-electron chi connectivity index (χ0n) is 16.0. The van der Waals surface area contributed by atoms with E-state index in [9.17, 15) is 9.59 Å². The molecule has 5 heteroatoms. The van der Waals surface area contributed by atoms with Gasteiger partial charge in [0.1, 0.15) is 17.4 Å². The van der Waals surface area contributed by atoms with Crippen LogP contribution in [0, 0.1) is 0 Å². The fraction of sp³-hybridized carbons (Fsp3) is 0.304. The zero-order chi connectivity index (χ0) is 19.7. The molecular weight excluding hydrogens is 354 g/mol. The van der Waals surface area contributed by atoms with Crippen LogP contribution in [0.25, 0.3) is 22.3 Å². The summed E-state index contributed by atoms with van der Waals surface area (Å²) in [6, 6.07) is 14.6. The van der Waals surface area contributed by atoms with Crippen LogP contribution in [-0.4, -0.2) is 18.6 Å². The van der Waals surface area contributed by atoms with Crippen molar-refractivity contribution in [3.05, 3.63) is 64.3 Å². The third kappa shape index (κ3) is 3.71. The number of anilines is 1. The first-order valence-electron chi connectivity index (χ1n) is 9.62. The minimum absolute atomic E-state index is 0.141. The monoisotopic (exact) mass is 377 g/mol. The predicted molar refractivity (Wildman–Crippen MR) is 110 cm³/mol. The molecule has 1 aromatic heterocycles. The Kier molecular flexibility index (Phi) is 5.01. The molecule has 1 saturated heterocycles. The fourth-order valence-electron chi connectivity index (χ4n) is 3.42. The van der Waals surface area contributed by atoms with Gasteiger partial charge in [0.05, 0.1) is 5.39 Å². The lowest BCUT2D eigenvalue weighted by Gasteiger charge is -2.11. The maximum absolute atomic E-state index is 12.6. The second-order valence-electron chi connectivity index (χ2n) is 7.45. The number of hydrogen-bond donors (Lipinski definition) is 1. The van der Waals surface area contributed by atoms with Gasteiger partial charge in [-0.05, 0) is 42.5 Å². The van der Waals surface area contributed by atoms with Crippen LogP contribution < -0.4 is 10.7 Å². The summed E-state index contributed by atoms with van der Waals surface area (Å²) in [6.45, 7) is 4.89. The van der Waals surface area contributed by atoms with Gasteiger partial charge in [-0.3, -0.25) is 9.59 Å².